The van der Waals surface area contributed by atoms with Gasteiger partial charge in [0.05, 0.1) is 5.41 Å². The van der Waals surface area contributed by atoms with Gasteiger partial charge in [-0.05, 0) is 66.4 Å². The van der Waals surface area contributed by atoms with Crippen molar-refractivity contribution in [3.8, 4) is 67.5 Å². The summed E-state index contributed by atoms with van der Waals surface area (Å²) in [5, 5.41) is 2.45. The highest BCUT2D eigenvalue weighted by Gasteiger charge is 2.47. The van der Waals surface area contributed by atoms with E-state index in [-0.39, 0.29) is 0 Å². The lowest BCUT2D eigenvalue weighted by Gasteiger charge is -2.34. The van der Waals surface area contributed by atoms with Gasteiger partial charge in [-0.2, -0.15) is 0 Å². The highest BCUT2D eigenvalue weighted by atomic mass is 15.0. The van der Waals surface area contributed by atoms with E-state index >= 15 is 0 Å². The SMILES string of the molecule is c1ccc(-c2nc(-c3ccccc3)nc(-c3ccccc3-c3ccccc3-c3cccc4c5c(ccc34)-c3ccccc3C5(c3ccccc3)c3ccccc3)n2)cc1. The Morgan fingerprint density at radius 2 is 0.678 bits per heavy atom. The van der Waals surface area contributed by atoms with Crippen molar-refractivity contribution >= 4 is 10.8 Å². The average Bonchev–Trinajstić information content (AvgIpc) is 3.64. The molecule has 0 amide bonds. The molecule has 276 valence electrons. The molecule has 0 spiro atoms. The van der Waals surface area contributed by atoms with Crippen molar-refractivity contribution in [1.29, 1.82) is 0 Å². The molecule has 3 heteroatoms. The van der Waals surface area contributed by atoms with Crippen molar-refractivity contribution < 1.29 is 0 Å². The molecule has 0 bridgehead atoms. The first-order valence-corrected chi connectivity index (χ1v) is 20.1. The summed E-state index contributed by atoms with van der Waals surface area (Å²) in [4.78, 5) is 15.3. The van der Waals surface area contributed by atoms with E-state index in [1.807, 2.05) is 36.4 Å². The Balaban J connectivity index is 1.14. The molecule has 59 heavy (non-hydrogen) atoms. The van der Waals surface area contributed by atoms with Crippen LogP contribution in [0.3, 0.4) is 0 Å². The number of aromatic nitrogens is 3. The molecule has 11 rings (SSSR count). The highest BCUT2D eigenvalue weighted by Crippen LogP contribution is 2.58. The predicted molar refractivity (Wildman–Crippen MR) is 242 cm³/mol. The van der Waals surface area contributed by atoms with Crippen LogP contribution in [0.25, 0.3) is 78.3 Å². The van der Waals surface area contributed by atoms with Crippen LogP contribution in [0, 0.1) is 0 Å². The summed E-state index contributed by atoms with van der Waals surface area (Å²) >= 11 is 0. The van der Waals surface area contributed by atoms with Gasteiger partial charge in [0.25, 0.3) is 0 Å². The molecule has 3 nitrogen and oxygen atoms in total. The summed E-state index contributed by atoms with van der Waals surface area (Å²) < 4.78 is 0. The molecule has 0 unspecified atom stereocenters. The quantitative estimate of drug-likeness (QED) is 0.163. The smallest absolute Gasteiger partial charge is 0.164 e. The Morgan fingerprint density at radius 1 is 0.254 bits per heavy atom. The second-order valence-electron chi connectivity index (χ2n) is 15.0. The van der Waals surface area contributed by atoms with Crippen molar-refractivity contribution in [2.45, 2.75) is 5.41 Å². The van der Waals surface area contributed by atoms with Crippen molar-refractivity contribution in [3.63, 3.8) is 0 Å². The molecule has 0 fully saturated rings. The summed E-state index contributed by atoms with van der Waals surface area (Å²) in [5.74, 6) is 1.91. The van der Waals surface area contributed by atoms with E-state index in [4.69, 9.17) is 15.0 Å². The topological polar surface area (TPSA) is 38.7 Å². The zero-order valence-electron chi connectivity index (χ0n) is 32.2. The molecule has 1 aliphatic carbocycles. The number of fused-ring (bicyclic) bond motifs is 5. The lowest BCUT2D eigenvalue weighted by molar-refractivity contribution is 0.775. The van der Waals surface area contributed by atoms with Crippen molar-refractivity contribution in [3.05, 3.63) is 247 Å². The van der Waals surface area contributed by atoms with Crippen LogP contribution in [0.5, 0.6) is 0 Å². The summed E-state index contributed by atoms with van der Waals surface area (Å²) in [6.45, 7) is 0. The third-order valence-electron chi connectivity index (χ3n) is 11.8. The van der Waals surface area contributed by atoms with Gasteiger partial charge in [0.2, 0.25) is 0 Å². The van der Waals surface area contributed by atoms with Crippen LogP contribution < -0.4 is 0 Å². The number of rotatable bonds is 7. The molecule has 0 aliphatic heterocycles. The number of nitrogens with zero attached hydrogens (tertiary/aromatic N) is 3. The second-order valence-corrected chi connectivity index (χ2v) is 15.0. The summed E-state index contributed by atoms with van der Waals surface area (Å²) in [6, 6.07) is 80.1. The first-order chi connectivity index (χ1) is 29.3. The van der Waals surface area contributed by atoms with Gasteiger partial charge in [-0.1, -0.05) is 224 Å². The van der Waals surface area contributed by atoms with Gasteiger partial charge < -0.3 is 0 Å². The van der Waals surface area contributed by atoms with Crippen LogP contribution in [-0.4, -0.2) is 15.0 Å². The normalized spacial score (nSPS) is 12.5. The number of hydrogen-bond acceptors (Lipinski definition) is 3. The zero-order chi connectivity index (χ0) is 39.2. The summed E-state index contributed by atoms with van der Waals surface area (Å²) in [7, 11) is 0. The van der Waals surface area contributed by atoms with Crippen LogP contribution in [0.2, 0.25) is 0 Å². The first kappa shape index (κ1) is 34.5. The second kappa shape index (κ2) is 14.3. The molecule has 0 saturated heterocycles. The van der Waals surface area contributed by atoms with E-state index in [1.54, 1.807) is 0 Å². The monoisotopic (exact) mass is 751 g/mol. The lowest BCUT2D eigenvalue weighted by Crippen LogP contribution is -2.28. The number of hydrogen-bond donors (Lipinski definition) is 0. The molecule has 1 aromatic heterocycles. The van der Waals surface area contributed by atoms with Gasteiger partial charge in [0, 0.05) is 16.7 Å². The third-order valence-corrected chi connectivity index (χ3v) is 11.8. The standard InChI is InChI=1S/C56H37N3/c1-5-20-38(21-6-1)53-57-54(39-22-7-2-8-23-39)59-55(58-53)50-32-16-15-30-45(50)43-29-14-13-28-42(43)44-33-19-34-48-46(44)36-37-49-47-31-17-18-35-51(47)56(52(48)49,40-24-9-3-10-25-40)41-26-11-4-12-27-41/h1-37H. The summed E-state index contributed by atoms with van der Waals surface area (Å²) in [5.41, 5.74) is 14.5. The number of benzene rings is 9. The summed E-state index contributed by atoms with van der Waals surface area (Å²) in [6.07, 6.45) is 0. The van der Waals surface area contributed by atoms with Crippen LogP contribution in [-0.2, 0) is 5.41 Å². The van der Waals surface area contributed by atoms with E-state index in [0.717, 1.165) is 33.4 Å². The van der Waals surface area contributed by atoms with Gasteiger partial charge in [-0.3, -0.25) is 0 Å². The van der Waals surface area contributed by atoms with E-state index in [2.05, 4.69) is 188 Å². The fourth-order valence-corrected chi connectivity index (χ4v) is 9.34. The Hall–Kier alpha value is -7.75. The molecule has 1 aliphatic rings. The van der Waals surface area contributed by atoms with E-state index in [0.29, 0.717) is 17.5 Å². The van der Waals surface area contributed by atoms with Gasteiger partial charge in [-0.25, -0.2) is 15.0 Å². The fraction of sp³-hybridized carbons (Fsp3) is 0.0179. The molecule has 0 radical (unpaired) electrons. The first-order valence-electron chi connectivity index (χ1n) is 20.1. The molecule has 10 aromatic rings. The Bertz CT molecular complexity index is 3040. The maximum atomic E-state index is 5.15. The van der Waals surface area contributed by atoms with E-state index in [1.165, 1.54) is 49.7 Å². The molecular formula is C56H37N3. The maximum absolute atomic E-state index is 5.15. The van der Waals surface area contributed by atoms with E-state index < -0.39 is 5.41 Å². The Labute approximate surface area is 344 Å². The maximum Gasteiger partial charge on any atom is 0.164 e. The van der Waals surface area contributed by atoms with Crippen molar-refractivity contribution in [1.82, 2.24) is 15.0 Å². The Kier molecular flexibility index (Phi) is 8.37. The minimum absolute atomic E-state index is 0.510. The third kappa shape index (κ3) is 5.62. The van der Waals surface area contributed by atoms with Crippen LogP contribution in [0.4, 0.5) is 0 Å². The highest BCUT2D eigenvalue weighted by molar-refractivity contribution is 6.08. The predicted octanol–water partition coefficient (Wildman–Crippen LogP) is 13.7. The Morgan fingerprint density at radius 3 is 1.25 bits per heavy atom. The molecule has 1 heterocycles. The van der Waals surface area contributed by atoms with Gasteiger partial charge in [0.15, 0.2) is 17.5 Å². The van der Waals surface area contributed by atoms with Crippen LogP contribution >= 0.6 is 0 Å². The molecule has 0 N–H and O–H groups in total. The fourth-order valence-electron chi connectivity index (χ4n) is 9.34. The van der Waals surface area contributed by atoms with Crippen LogP contribution in [0.15, 0.2) is 224 Å². The van der Waals surface area contributed by atoms with E-state index in [9.17, 15) is 0 Å². The molecular weight excluding hydrogens is 715 g/mol. The van der Waals surface area contributed by atoms with Crippen molar-refractivity contribution in [2.24, 2.45) is 0 Å². The molecule has 9 aromatic carbocycles. The van der Waals surface area contributed by atoms with Crippen LogP contribution in [0.1, 0.15) is 22.3 Å². The molecule has 0 atom stereocenters. The van der Waals surface area contributed by atoms with Crippen molar-refractivity contribution in [2.75, 3.05) is 0 Å². The zero-order valence-corrected chi connectivity index (χ0v) is 32.2. The van der Waals surface area contributed by atoms with Gasteiger partial charge >= 0.3 is 0 Å². The van der Waals surface area contributed by atoms with Gasteiger partial charge in [-0.15, -0.1) is 0 Å². The minimum atomic E-state index is -0.510. The molecule has 0 saturated carbocycles. The largest absolute Gasteiger partial charge is 0.208 e. The lowest BCUT2D eigenvalue weighted by atomic mass is 9.66. The average molecular weight is 752 g/mol. The van der Waals surface area contributed by atoms with Gasteiger partial charge in [0.1, 0.15) is 0 Å². The minimum Gasteiger partial charge on any atom is -0.208 e.